The maximum Gasteiger partial charge on any atom is 0.232 e. The van der Waals surface area contributed by atoms with Gasteiger partial charge in [0.2, 0.25) is 11.9 Å². The van der Waals surface area contributed by atoms with E-state index >= 15 is 0 Å². The molecule has 0 bridgehead atoms. The number of nitrogens with two attached hydrogens (primary N) is 1. The topological polar surface area (TPSA) is 104 Å². The van der Waals surface area contributed by atoms with Crippen LogP contribution in [0.1, 0.15) is 0 Å². The molecule has 0 spiro atoms. The number of aromatic nitrogens is 3. The van der Waals surface area contributed by atoms with E-state index in [4.69, 9.17) is 10.5 Å². The molecule has 0 unspecified atom stereocenters. The third kappa shape index (κ3) is 6.19. The number of hydrogen-bond donors (Lipinski definition) is 3. The van der Waals surface area contributed by atoms with Gasteiger partial charge in [0, 0.05) is 36.4 Å². The van der Waals surface area contributed by atoms with Gasteiger partial charge in [-0.3, -0.25) is 0 Å². The Hall–Kier alpha value is -3.11. The minimum absolute atomic E-state index is 0.374. The van der Waals surface area contributed by atoms with E-state index in [0.717, 1.165) is 28.9 Å². The molecule has 0 atom stereocenters. The van der Waals surface area contributed by atoms with Crippen LogP contribution >= 0.6 is 15.9 Å². The van der Waals surface area contributed by atoms with Crippen LogP contribution in [0, 0.1) is 0 Å². The van der Waals surface area contributed by atoms with Crippen LogP contribution < -0.4 is 26.0 Å². The van der Waals surface area contributed by atoms with Crippen molar-refractivity contribution in [2.75, 3.05) is 62.6 Å². The highest BCUT2D eigenvalue weighted by Crippen LogP contribution is 2.36. The zero-order valence-corrected chi connectivity index (χ0v) is 19.6. The number of likely N-dealkylation sites (N-methyl/N-ethyl adjacent to an activating group) is 2. The van der Waals surface area contributed by atoms with Crippen LogP contribution in [0.3, 0.4) is 0 Å². The third-order valence-corrected chi connectivity index (χ3v) is 5.03. The van der Waals surface area contributed by atoms with Crippen molar-refractivity contribution in [2.24, 2.45) is 0 Å². The Labute approximate surface area is 190 Å². The summed E-state index contributed by atoms with van der Waals surface area (Å²) in [6.07, 6.45) is 1.44. The zero-order chi connectivity index (χ0) is 22.4. The smallest absolute Gasteiger partial charge is 0.232 e. The molecule has 3 rings (SSSR count). The number of hydrogen-bond acceptors (Lipinski definition) is 9. The number of benzene rings is 2. The van der Waals surface area contributed by atoms with Crippen molar-refractivity contribution >= 4 is 50.6 Å². The first-order chi connectivity index (χ1) is 14.9. The van der Waals surface area contributed by atoms with Crippen molar-refractivity contribution < 1.29 is 4.74 Å². The first-order valence-electron chi connectivity index (χ1n) is 9.67. The molecule has 1 aromatic heterocycles. The molecule has 0 fully saturated rings. The Morgan fingerprint density at radius 3 is 2.45 bits per heavy atom. The van der Waals surface area contributed by atoms with Crippen LogP contribution in [0.4, 0.5) is 34.6 Å². The van der Waals surface area contributed by atoms with Crippen LogP contribution in [-0.4, -0.2) is 61.2 Å². The molecule has 164 valence electrons. The molecule has 0 saturated heterocycles. The Bertz CT molecular complexity index is 1030. The largest absolute Gasteiger partial charge is 0.494 e. The molecule has 0 aliphatic heterocycles. The van der Waals surface area contributed by atoms with Gasteiger partial charge in [0.1, 0.15) is 12.1 Å². The standard InChI is InChI=1S/C21H27BrN8O/c1-29(2)8-9-30(3)18-12-19(31-4)17(11-16(18)23)27-21-25-13-24-20(28-21)26-15-7-5-6-14(22)10-15/h5-7,10-13H,8-9,23H2,1-4H3,(H2,24,25,26,27,28). The molecule has 0 saturated carbocycles. The van der Waals surface area contributed by atoms with Crippen LogP contribution in [0.5, 0.6) is 5.75 Å². The second-order valence-electron chi connectivity index (χ2n) is 7.23. The van der Waals surface area contributed by atoms with Crippen molar-refractivity contribution in [3.63, 3.8) is 0 Å². The average Bonchev–Trinajstić information content (AvgIpc) is 2.72. The first-order valence-corrected chi connectivity index (χ1v) is 10.5. The summed E-state index contributed by atoms with van der Waals surface area (Å²) < 4.78 is 6.54. The van der Waals surface area contributed by atoms with E-state index in [-0.39, 0.29) is 0 Å². The van der Waals surface area contributed by atoms with Gasteiger partial charge in [0.05, 0.1) is 24.2 Å². The summed E-state index contributed by atoms with van der Waals surface area (Å²) in [4.78, 5) is 17.1. The number of nitrogens with zero attached hydrogens (tertiary/aromatic N) is 5. The minimum Gasteiger partial charge on any atom is -0.494 e. The normalized spacial score (nSPS) is 10.8. The molecule has 4 N–H and O–H groups in total. The fourth-order valence-electron chi connectivity index (χ4n) is 2.89. The molecule has 0 radical (unpaired) electrons. The van der Waals surface area contributed by atoms with Crippen LogP contribution in [-0.2, 0) is 0 Å². The predicted octanol–water partition coefficient (Wildman–Crippen LogP) is 3.71. The minimum atomic E-state index is 0.374. The predicted molar refractivity (Wildman–Crippen MR) is 130 cm³/mol. The van der Waals surface area contributed by atoms with Gasteiger partial charge in [-0.15, -0.1) is 0 Å². The molecule has 0 aliphatic rings. The average molecular weight is 487 g/mol. The van der Waals surface area contributed by atoms with E-state index in [1.165, 1.54) is 6.33 Å². The summed E-state index contributed by atoms with van der Waals surface area (Å²) in [6.45, 7) is 1.75. The highest BCUT2D eigenvalue weighted by molar-refractivity contribution is 9.10. The molecule has 31 heavy (non-hydrogen) atoms. The van der Waals surface area contributed by atoms with Gasteiger partial charge in [-0.2, -0.15) is 4.98 Å². The summed E-state index contributed by atoms with van der Waals surface area (Å²) in [5, 5.41) is 6.33. The number of anilines is 6. The number of methoxy groups -OCH3 is 1. The SMILES string of the molecule is COc1cc(N(C)CCN(C)C)c(N)cc1Nc1ncnc(Nc2cccc(Br)c2)n1. The molecule has 0 aliphatic carbocycles. The van der Waals surface area contributed by atoms with E-state index < -0.39 is 0 Å². The number of halogens is 1. The third-order valence-electron chi connectivity index (χ3n) is 4.54. The fraction of sp³-hybridized carbons (Fsp3) is 0.286. The van der Waals surface area contributed by atoms with Crippen molar-refractivity contribution in [1.82, 2.24) is 19.9 Å². The van der Waals surface area contributed by atoms with E-state index in [1.54, 1.807) is 7.11 Å². The second-order valence-corrected chi connectivity index (χ2v) is 8.14. The first kappa shape index (κ1) is 22.6. The number of nitrogens with one attached hydrogen (secondary N) is 2. The Morgan fingerprint density at radius 2 is 1.77 bits per heavy atom. The molecular weight excluding hydrogens is 460 g/mol. The summed E-state index contributed by atoms with van der Waals surface area (Å²) >= 11 is 3.45. The molecular formula is C21H27BrN8O. The van der Waals surface area contributed by atoms with Crippen molar-refractivity contribution in [3.8, 4) is 5.75 Å². The van der Waals surface area contributed by atoms with Gasteiger partial charge in [-0.1, -0.05) is 22.0 Å². The summed E-state index contributed by atoms with van der Waals surface area (Å²) in [7, 11) is 7.71. The van der Waals surface area contributed by atoms with E-state index in [0.29, 0.717) is 29.0 Å². The van der Waals surface area contributed by atoms with Gasteiger partial charge >= 0.3 is 0 Å². The van der Waals surface area contributed by atoms with Gasteiger partial charge in [-0.05, 0) is 38.4 Å². The van der Waals surface area contributed by atoms with E-state index in [2.05, 4.69) is 51.3 Å². The Balaban J connectivity index is 1.79. The van der Waals surface area contributed by atoms with Gasteiger partial charge in [0.15, 0.2) is 0 Å². The molecule has 3 aromatic rings. The maximum absolute atomic E-state index is 6.33. The maximum atomic E-state index is 6.33. The van der Waals surface area contributed by atoms with Crippen LogP contribution in [0.15, 0.2) is 47.2 Å². The second kappa shape index (κ2) is 10.3. The highest BCUT2D eigenvalue weighted by atomic mass is 79.9. The summed E-state index contributed by atoms with van der Waals surface area (Å²) in [6, 6.07) is 11.5. The highest BCUT2D eigenvalue weighted by Gasteiger charge is 2.14. The molecule has 10 heteroatoms. The Kier molecular flexibility index (Phi) is 7.48. The van der Waals surface area contributed by atoms with E-state index in [9.17, 15) is 0 Å². The van der Waals surface area contributed by atoms with E-state index in [1.807, 2.05) is 57.5 Å². The monoisotopic (exact) mass is 486 g/mol. The lowest BCUT2D eigenvalue weighted by Crippen LogP contribution is -2.29. The van der Waals surface area contributed by atoms with Gasteiger partial charge in [-0.25, -0.2) is 9.97 Å². The summed E-state index contributed by atoms with van der Waals surface area (Å²) in [5.74, 6) is 1.43. The summed E-state index contributed by atoms with van der Waals surface area (Å²) in [5.41, 5.74) is 9.39. The molecule has 0 amide bonds. The quantitative estimate of drug-likeness (QED) is 0.390. The van der Waals surface area contributed by atoms with Crippen molar-refractivity contribution in [3.05, 3.63) is 47.2 Å². The van der Waals surface area contributed by atoms with Crippen LogP contribution in [0.2, 0.25) is 0 Å². The van der Waals surface area contributed by atoms with Gasteiger partial charge in [0.25, 0.3) is 0 Å². The number of nitrogen functional groups attached to an aromatic ring is 1. The fourth-order valence-corrected chi connectivity index (χ4v) is 3.29. The Morgan fingerprint density at radius 1 is 1.03 bits per heavy atom. The molecule has 2 aromatic carbocycles. The lowest BCUT2D eigenvalue weighted by atomic mass is 10.2. The lowest BCUT2D eigenvalue weighted by molar-refractivity contribution is 0.413. The number of ether oxygens (including phenoxy) is 1. The molecule has 9 nitrogen and oxygen atoms in total. The zero-order valence-electron chi connectivity index (χ0n) is 18.1. The number of rotatable bonds is 9. The molecule has 1 heterocycles. The van der Waals surface area contributed by atoms with Crippen LogP contribution in [0.25, 0.3) is 0 Å². The van der Waals surface area contributed by atoms with Gasteiger partial charge < -0.3 is 30.9 Å². The van der Waals surface area contributed by atoms with Crippen molar-refractivity contribution in [1.29, 1.82) is 0 Å². The van der Waals surface area contributed by atoms with Crippen molar-refractivity contribution in [2.45, 2.75) is 0 Å². The lowest BCUT2D eigenvalue weighted by Gasteiger charge is -2.24.